The Morgan fingerprint density at radius 2 is 2.00 bits per heavy atom. The SMILES string of the molecule is Cc1cc2c(C(N)=O)c(NCc3ncn[nH]3)n(-c3c(C)ccc(O)c3C)c2nc1C. The van der Waals surface area contributed by atoms with Gasteiger partial charge in [0.1, 0.15) is 29.4 Å². The molecule has 3 aromatic heterocycles. The lowest BCUT2D eigenvalue weighted by molar-refractivity contribution is 0.100. The minimum absolute atomic E-state index is 0.156. The Morgan fingerprint density at radius 3 is 2.67 bits per heavy atom. The highest BCUT2D eigenvalue weighted by atomic mass is 16.3. The largest absolute Gasteiger partial charge is 0.508 e. The van der Waals surface area contributed by atoms with Gasteiger partial charge in [0.25, 0.3) is 5.91 Å². The van der Waals surface area contributed by atoms with E-state index in [9.17, 15) is 9.90 Å². The number of pyridine rings is 1. The van der Waals surface area contributed by atoms with Crippen molar-refractivity contribution in [2.45, 2.75) is 34.2 Å². The van der Waals surface area contributed by atoms with Crippen molar-refractivity contribution in [2.75, 3.05) is 5.32 Å². The molecule has 0 aliphatic heterocycles. The van der Waals surface area contributed by atoms with E-state index in [4.69, 9.17) is 10.7 Å². The fourth-order valence-corrected chi connectivity index (χ4v) is 3.68. The van der Waals surface area contributed by atoms with Gasteiger partial charge < -0.3 is 16.2 Å². The van der Waals surface area contributed by atoms with Crippen LogP contribution in [0, 0.1) is 27.7 Å². The number of aromatic hydroxyl groups is 1. The van der Waals surface area contributed by atoms with Crippen molar-refractivity contribution in [3.63, 3.8) is 0 Å². The summed E-state index contributed by atoms with van der Waals surface area (Å²) in [5.41, 5.74) is 10.9. The minimum Gasteiger partial charge on any atom is -0.508 e. The molecule has 0 unspecified atom stereocenters. The predicted octanol–water partition coefficient (Wildman–Crippen LogP) is 2.79. The van der Waals surface area contributed by atoms with Gasteiger partial charge in [0.05, 0.1) is 17.8 Å². The van der Waals surface area contributed by atoms with E-state index in [0.717, 1.165) is 22.5 Å². The number of nitrogens with two attached hydrogens (primary N) is 1. The summed E-state index contributed by atoms with van der Waals surface area (Å²) in [6.45, 7) is 7.93. The van der Waals surface area contributed by atoms with Crippen LogP contribution in [0.1, 0.15) is 38.6 Å². The number of aryl methyl sites for hydroxylation is 3. The molecule has 9 nitrogen and oxygen atoms in total. The van der Waals surface area contributed by atoms with Crippen molar-refractivity contribution < 1.29 is 9.90 Å². The van der Waals surface area contributed by atoms with Crippen LogP contribution in [0.5, 0.6) is 5.75 Å². The maximum Gasteiger partial charge on any atom is 0.253 e. The molecular formula is C21H23N7O2. The summed E-state index contributed by atoms with van der Waals surface area (Å²) in [6, 6.07) is 5.40. The number of benzene rings is 1. The van der Waals surface area contributed by atoms with Gasteiger partial charge in [-0.2, -0.15) is 5.10 Å². The molecule has 9 heteroatoms. The standard InChI is InChI=1S/C21H23N7O2/c1-10-5-6-15(29)12(3)18(10)28-20-14(7-11(2)13(4)26-20)17(19(22)30)21(28)23-8-16-24-9-25-27-16/h5-7,9,23,29H,8H2,1-4H3,(H2,22,30)(H,24,25,27). The molecule has 0 bridgehead atoms. The lowest BCUT2D eigenvalue weighted by Crippen LogP contribution is -2.16. The molecule has 4 aromatic rings. The minimum atomic E-state index is -0.570. The zero-order valence-corrected chi connectivity index (χ0v) is 17.2. The lowest BCUT2D eigenvalue weighted by atomic mass is 10.1. The summed E-state index contributed by atoms with van der Waals surface area (Å²) < 4.78 is 1.85. The second kappa shape index (κ2) is 7.18. The first-order valence-corrected chi connectivity index (χ1v) is 9.49. The molecule has 4 rings (SSSR count). The van der Waals surface area contributed by atoms with Gasteiger partial charge in [0, 0.05) is 16.6 Å². The molecule has 0 radical (unpaired) electrons. The molecule has 30 heavy (non-hydrogen) atoms. The molecule has 3 heterocycles. The van der Waals surface area contributed by atoms with Crippen LogP contribution in [0.3, 0.4) is 0 Å². The molecule has 154 valence electrons. The number of rotatable bonds is 5. The Bertz CT molecular complexity index is 1270. The van der Waals surface area contributed by atoms with Crippen LogP contribution in [-0.2, 0) is 6.54 Å². The topological polar surface area (TPSA) is 135 Å². The number of fused-ring (bicyclic) bond motifs is 1. The molecule has 1 aromatic carbocycles. The van der Waals surface area contributed by atoms with Crippen LogP contribution < -0.4 is 11.1 Å². The van der Waals surface area contributed by atoms with Gasteiger partial charge in [-0.05, 0) is 51.0 Å². The Kier molecular flexibility index (Phi) is 4.65. The van der Waals surface area contributed by atoms with Crippen molar-refractivity contribution in [3.05, 3.63) is 58.3 Å². The highest BCUT2D eigenvalue weighted by Crippen LogP contribution is 2.37. The quantitative estimate of drug-likeness (QED) is 0.403. The number of hydrogen-bond donors (Lipinski definition) is 4. The summed E-state index contributed by atoms with van der Waals surface area (Å²) in [5, 5.41) is 20.9. The van der Waals surface area contributed by atoms with Crippen molar-refractivity contribution in [1.29, 1.82) is 0 Å². The summed E-state index contributed by atoms with van der Waals surface area (Å²) in [7, 11) is 0. The summed E-state index contributed by atoms with van der Waals surface area (Å²) in [4.78, 5) is 21.4. The lowest BCUT2D eigenvalue weighted by Gasteiger charge is -2.18. The molecule has 0 fully saturated rings. The van der Waals surface area contributed by atoms with Crippen molar-refractivity contribution >= 4 is 22.8 Å². The molecule has 0 saturated carbocycles. The molecule has 0 saturated heterocycles. The van der Waals surface area contributed by atoms with Gasteiger partial charge in [-0.15, -0.1) is 0 Å². The average molecular weight is 405 g/mol. The first kappa shape index (κ1) is 19.4. The number of phenolic OH excluding ortho intramolecular Hbond substituents is 1. The van der Waals surface area contributed by atoms with Crippen LogP contribution in [-0.4, -0.2) is 35.7 Å². The number of carbonyl (C=O) groups excluding carboxylic acids is 1. The summed E-state index contributed by atoms with van der Waals surface area (Å²) in [6.07, 6.45) is 1.42. The van der Waals surface area contributed by atoms with Crippen molar-refractivity contribution in [1.82, 2.24) is 24.7 Å². The Balaban J connectivity index is 2.09. The van der Waals surface area contributed by atoms with Gasteiger partial charge in [-0.3, -0.25) is 14.5 Å². The molecule has 0 spiro atoms. The zero-order chi connectivity index (χ0) is 21.6. The summed E-state index contributed by atoms with van der Waals surface area (Å²) in [5.74, 6) is 0.678. The van der Waals surface area contributed by atoms with Gasteiger partial charge in [0.15, 0.2) is 0 Å². The highest BCUT2D eigenvalue weighted by Gasteiger charge is 2.26. The number of H-pyrrole nitrogens is 1. The average Bonchev–Trinajstić information content (AvgIpc) is 3.31. The third-order valence-corrected chi connectivity index (χ3v) is 5.35. The maximum atomic E-state index is 12.5. The van der Waals surface area contributed by atoms with E-state index in [1.54, 1.807) is 6.07 Å². The van der Waals surface area contributed by atoms with Gasteiger partial charge >= 0.3 is 0 Å². The molecular weight excluding hydrogens is 382 g/mol. The number of phenols is 1. The smallest absolute Gasteiger partial charge is 0.253 e. The monoisotopic (exact) mass is 405 g/mol. The summed E-state index contributed by atoms with van der Waals surface area (Å²) >= 11 is 0. The van der Waals surface area contributed by atoms with Crippen LogP contribution in [0.15, 0.2) is 24.5 Å². The van der Waals surface area contributed by atoms with Gasteiger partial charge in [-0.25, -0.2) is 9.97 Å². The van der Waals surface area contributed by atoms with Crippen molar-refractivity contribution in [3.8, 4) is 11.4 Å². The van der Waals surface area contributed by atoms with Crippen LogP contribution in [0.2, 0.25) is 0 Å². The van der Waals surface area contributed by atoms with E-state index in [1.165, 1.54) is 6.33 Å². The second-order valence-corrected chi connectivity index (χ2v) is 7.35. The van der Waals surface area contributed by atoms with E-state index in [-0.39, 0.29) is 5.75 Å². The molecule has 5 N–H and O–H groups in total. The Labute approximate surface area is 173 Å². The van der Waals surface area contributed by atoms with E-state index in [1.807, 2.05) is 44.4 Å². The van der Waals surface area contributed by atoms with Gasteiger partial charge in [0.2, 0.25) is 0 Å². The highest BCUT2D eigenvalue weighted by molar-refractivity contribution is 6.11. The number of nitrogens with one attached hydrogen (secondary N) is 2. The van der Waals surface area contributed by atoms with Gasteiger partial charge in [-0.1, -0.05) is 6.07 Å². The van der Waals surface area contributed by atoms with Crippen LogP contribution in [0.25, 0.3) is 16.7 Å². The normalized spacial score (nSPS) is 11.2. The number of anilines is 1. The first-order valence-electron chi connectivity index (χ1n) is 9.49. The fraction of sp³-hybridized carbons (Fsp3) is 0.238. The number of nitrogens with zero attached hydrogens (tertiary/aromatic N) is 4. The van der Waals surface area contributed by atoms with Crippen molar-refractivity contribution in [2.24, 2.45) is 5.73 Å². The third kappa shape index (κ3) is 3.04. The second-order valence-electron chi connectivity index (χ2n) is 7.35. The number of hydrogen-bond acceptors (Lipinski definition) is 6. The number of primary amides is 1. The maximum absolute atomic E-state index is 12.5. The number of aromatic amines is 1. The fourth-order valence-electron chi connectivity index (χ4n) is 3.68. The zero-order valence-electron chi connectivity index (χ0n) is 17.2. The Morgan fingerprint density at radius 1 is 1.23 bits per heavy atom. The predicted molar refractivity (Wildman–Crippen MR) is 114 cm³/mol. The Hall–Kier alpha value is -3.88. The van der Waals surface area contributed by atoms with Crippen LogP contribution >= 0.6 is 0 Å². The first-order chi connectivity index (χ1) is 14.3. The number of aromatic nitrogens is 5. The van der Waals surface area contributed by atoms with Crippen LogP contribution in [0.4, 0.5) is 5.82 Å². The number of carbonyl (C=O) groups is 1. The molecule has 1 amide bonds. The van der Waals surface area contributed by atoms with E-state index in [2.05, 4.69) is 20.5 Å². The molecule has 0 aliphatic rings. The van der Waals surface area contributed by atoms with E-state index in [0.29, 0.717) is 40.3 Å². The molecule has 0 aliphatic carbocycles. The third-order valence-electron chi connectivity index (χ3n) is 5.35. The van der Waals surface area contributed by atoms with E-state index >= 15 is 0 Å². The van der Waals surface area contributed by atoms with E-state index < -0.39 is 5.91 Å². The molecule has 0 atom stereocenters. The number of amides is 1.